The van der Waals surface area contributed by atoms with Crippen molar-refractivity contribution in [3.8, 4) is 0 Å². The van der Waals surface area contributed by atoms with Crippen molar-refractivity contribution in [1.29, 1.82) is 0 Å². The molecule has 2 rings (SSSR count). The zero-order valence-corrected chi connectivity index (χ0v) is 14.1. The topological polar surface area (TPSA) is 66.5 Å². The van der Waals surface area contributed by atoms with E-state index >= 15 is 0 Å². The smallest absolute Gasteiger partial charge is 0.251 e. The highest BCUT2D eigenvalue weighted by atomic mass is 32.2. The minimum Gasteiger partial charge on any atom is -0.351 e. The Morgan fingerprint density at radius 3 is 2.33 bits per heavy atom. The van der Waals surface area contributed by atoms with Gasteiger partial charge in [0.1, 0.15) is 5.82 Å². The van der Waals surface area contributed by atoms with Crippen molar-refractivity contribution in [3.05, 3.63) is 71.5 Å². The second-order valence-electron chi connectivity index (χ2n) is 5.31. The average molecular weight is 350 g/mol. The van der Waals surface area contributed by atoms with Gasteiger partial charge >= 0.3 is 0 Å². The summed E-state index contributed by atoms with van der Waals surface area (Å²) in [5.74, 6) is -0.741. The van der Waals surface area contributed by atoms with Gasteiger partial charge in [0.2, 0.25) is 10.0 Å². The van der Waals surface area contributed by atoms with Gasteiger partial charge in [0.05, 0.1) is 6.26 Å². The number of benzene rings is 2. The number of carbonyl (C=O) groups excluding carboxylic acids is 1. The van der Waals surface area contributed by atoms with E-state index in [1.165, 1.54) is 12.1 Å². The minimum absolute atomic E-state index is 0.0613. The molecule has 0 radical (unpaired) electrons. The van der Waals surface area contributed by atoms with Crippen molar-refractivity contribution in [1.82, 2.24) is 9.62 Å². The molecule has 0 aliphatic carbocycles. The van der Waals surface area contributed by atoms with E-state index in [0.717, 1.165) is 10.6 Å². The van der Waals surface area contributed by atoms with Gasteiger partial charge in [-0.25, -0.2) is 12.8 Å². The number of halogens is 1. The lowest BCUT2D eigenvalue weighted by Crippen LogP contribution is -2.37. The first-order valence-electron chi connectivity index (χ1n) is 7.39. The Bertz CT molecular complexity index is 794. The van der Waals surface area contributed by atoms with Gasteiger partial charge in [0.15, 0.2) is 0 Å². The van der Waals surface area contributed by atoms with Gasteiger partial charge in [-0.05, 0) is 18.2 Å². The molecule has 0 atom stereocenters. The van der Waals surface area contributed by atoms with Gasteiger partial charge in [-0.1, -0.05) is 36.4 Å². The second-order valence-corrected chi connectivity index (χ2v) is 7.29. The zero-order valence-electron chi connectivity index (χ0n) is 13.3. The van der Waals surface area contributed by atoms with E-state index in [4.69, 9.17) is 0 Å². The highest BCUT2D eigenvalue weighted by Crippen LogP contribution is 2.12. The predicted octanol–water partition coefficient (Wildman–Crippen LogP) is 2.02. The molecule has 2 aromatic rings. The Kier molecular flexibility index (Phi) is 6.05. The lowest BCUT2D eigenvalue weighted by Gasteiger charge is -2.20. The fourth-order valence-electron chi connectivity index (χ4n) is 2.16. The Hall–Kier alpha value is -2.25. The molecule has 1 N–H and O–H groups in total. The zero-order chi connectivity index (χ0) is 17.6. The van der Waals surface area contributed by atoms with E-state index < -0.39 is 15.8 Å². The molecule has 128 valence electrons. The molecule has 0 unspecified atom stereocenters. The van der Waals surface area contributed by atoms with Crippen LogP contribution in [0.5, 0.6) is 0 Å². The second kappa shape index (κ2) is 8.03. The van der Waals surface area contributed by atoms with Gasteiger partial charge in [0, 0.05) is 30.8 Å². The Morgan fingerprint density at radius 2 is 1.71 bits per heavy atom. The number of nitrogens with zero attached hydrogens (tertiary/aromatic N) is 1. The Morgan fingerprint density at radius 1 is 1.08 bits per heavy atom. The van der Waals surface area contributed by atoms with Crippen molar-refractivity contribution < 1.29 is 17.6 Å². The molecule has 0 aromatic heterocycles. The van der Waals surface area contributed by atoms with Crippen LogP contribution in [-0.2, 0) is 16.6 Å². The van der Waals surface area contributed by atoms with Gasteiger partial charge in [0.25, 0.3) is 5.91 Å². The third-order valence-electron chi connectivity index (χ3n) is 3.46. The molecule has 1 amide bonds. The summed E-state index contributed by atoms with van der Waals surface area (Å²) in [5, 5.41) is 2.66. The first-order valence-corrected chi connectivity index (χ1v) is 9.24. The number of nitrogens with one attached hydrogen (secondary N) is 1. The molecule has 7 heteroatoms. The first kappa shape index (κ1) is 18.1. The summed E-state index contributed by atoms with van der Waals surface area (Å²) in [6.45, 7) is 0.119. The van der Waals surface area contributed by atoms with Crippen LogP contribution in [0, 0.1) is 5.82 Å². The van der Waals surface area contributed by atoms with E-state index in [1.807, 2.05) is 0 Å². The molecule has 0 saturated carbocycles. The summed E-state index contributed by atoms with van der Waals surface area (Å²) in [4.78, 5) is 11.9. The van der Waals surface area contributed by atoms with Crippen molar-refractivity contribution in [2.24, 2.45) is 0 Å². The van der Waals surface area contributed by atoms with Crippen LogP contribution in [0.2, 0.25) is 0 Å². The maximum Gasteiger partial charge on any atom is 0.251 e. The molecule has 0 heterocycles. The molecule has 0 spiro atoms. The number of carbonyl (C=O) groups is 1. The highest BCUT2D eigenvalue weighted by Gasteiger charge is 2.18. The number of amides is 1. The number of rotatable bonds is 7. The average Bonchev–Trinajstić information content (AvgIpc) is 2.55. The van der Waals surface area contributed by atoms with E-state index in [1.54, 1.807) is 42.5 Å². The summed E-state index contributed by atoms with van der Waals surface area (Å²) >= 11 is 0. The molecule has 0 aliphatic heterocycles. The third kappa shape index (κ3) is 5.14. The highest BCUT2D eigenvalue weighted by molar-refractivity contribution is 7.88. The molecule has 24 heavy (non-hydrogen) atoms. The quantitative estimate of drug-likeness (QED) is 0.831. The van der Waals surface area contributed by atoms with E-state index in [2.05, 4.69) is 5.32 Å². The Balaban J connectivity index is 1.98. The van der Waals surface area contributed by atoms with Crippen LogP contribution in [0.1, 0.15) is 15.9 Å². The van der Waals surface area contributed by atoms with Crippen molar-refractivity contribution in [2.45, 2.75) is 6.54 Å². The summed E-state index contributed by atoms with van der Waals surface area (Å²) < 4.78 is 38.6. The van der Waals surface area contributed by atoms with Crippen molar-refractivity contribution in [2.75, 3.05) is 19.3 Å². The molecular formula is C17H19FN2O3S. The standard InChI is InChI=1S/C17H19FN2O3S/c1-24(22,23)20(13-15-9-5-6-10-16(15)18)12-11-19-17(21)14-7-3-2-4-8-14/h2-10H,11-13H2,1H3,(H,19,21). The van der Waals surface area contributed by atoms with Crippen LogP contribution in [0.3, 0.4) is 0 Å². The summed E-state index contributed by atoms with van der Waals surface area (Å²) in [5.41, 5.74) is 0.787. The lowest BCUT2D eigenvalue weighted by molar-refractivity contribution is 0.0951. The SMILES string of the molecule is CS(=O)(=O)N(CCNC(=O)c1ccccc1)Cc1ccccc1F. The van der Waals surface area contributed by atoms with Crippen molar-refractivity contribution in [3.63, 3.8) is 0 Å². The van der Waals surface area contributed by atoms with Crippen LogP contribution in [-0.4, -0.2) is 38.0 Å². The molecule has 0 fully saturated rings. The normalized spacial score (nSPS) is 11.5. The van der Waals surface area contributed by atoms with E-state index in [-0.39, 0.29) is 31.1 Å². The van der Waals surface area contributed by atoms with Crippen LogP contribution < -0.4 is 5.32 Å². The first-order chi connectivity index (χ1) is 11.4. The summed E-state index contributed by atoms with van der Waals surface area (Å²) in [6.07, 6.45) is 1.06. The van der Waals surface area contributed by atoms with Crippen LogP contribution in [0.15, 0.2) is 54.6 Å². The third-order valence-corrected chi connectivity index (χ3v) is 4.71. The monoisotopic (exact) mass is 350 g/mol. The predicted molar refractivity (Wildman–Crippen MR) is 90.4 cm³/mol. The molecule has 2 aromatic carbocycles. The number of sulfonamides is 1. The van der Waals surface area contributed by atoms with Crippen molar-refractivity contribution >= 4 is 15.9 Å². The van der Waals surface area contributed by atoms with Gasteiger partial charge < -0.3 is 5.32 Å². The summed E-state index contributed by atoms with van der Waals surface area (Å²) in [6, 6.07) is 14.6. The summed E-state index contributed by atoms with van der Waals surface area (Å²) in [7, 11) is -3.53. The fraction of sp³-hybridized carbons (Fsp3) is 0.235. The maximum absolute atomic E-state index is 13.7. The largest absolute Gasteiger partial charge is 0.351 e. The van der Waals surface area contributed by atoms with Crippen LogP contribution in [0.4, 0.5) is 4.39 Å². The van der Waals surface area contributed by atoms with Gasteiger partial charge in [-0.15, -0.1) is 0 Å². The molecule has 0 bridgehead atoms. The number of hydrogen-bond acceptors (Lipinski definition) is 3. The number of hydrogen-bond donors (Lipinski definition) is 1. The van der Waals surface area contributed by atoms with Crippen LogP contribution >= 0.6 is 0 Å². The van der Waals surface area contributed by atoms with Gasteiger partial charge in [-0.2, -0.15) is 4.31 Å². The molecule has 5 nitrogen and oxygen atoms in total. The van der Waals surface area contributed by atoms with E-state index in [9.17, 15) is 17.6 Å². The lowest BCUT2D eigenvalue weighted by atomic mass is 10.2. The van der Waals surface area contributed by atoms with E-state index in [0.29, 0.717) is 5.56 Å². The van der Waals surface area contributed by atoms with Crippen LogP contribution in [0.25, 0.3) is 0 Å². The molecule has 0 aliphatic rings. The maximum atomic E-state index is 13.7. The molecular weight excluding hydrogens is 331 g/mol. The fourth-order valence-corrected chi connectivity index (χ4v) is 2.96. The molecule has 0 saturated heterocycles. The van der Waals surface area contributed by atoms with Gasteiger partial charge in [-0.3, -0.25) is 4.79 Å². The Labute approximate surface area is 141 Å². The minimum atomic E-state index is -3.53.